The average molecular weight is 475 g/mol. The fraction of sp³-hybridized carbons (Fsp3) is 0.357. The zero-order valence-corrected chi connectivity index (χ0v) is 20.8. The highest BCUT2D eigenvalue weighted by Gasteiger charge is 2.11. The molecule has 0 radical (unpaired) electrons. The van der Waals surface area contributed by atoms with Crippen LogP contribution < -0.4 is 14.8 Å². The standard InChI is InChI=1S/C28H34N4O3/c1-4-32(3)13-16-35-26-12-11-24-17-23(26)20-33-14-6-5-7-15-34-25-10-8-9-22(18-25)27-21(2)19-29-28(30-24)31-27/h5-6,8-12,17-19H,4,7,13-16,20H2,1-3H3,(H,29,30,31)/b6-5+. The smallest absolute Gasteiger partial charge is 0.227 e. The minimum absolute atomic E-state index is 0.444. The molecule has 0 aliphatic carbocycles. The molecule has 0 spiro atoms. The minimum atomic E-state index is 0.444. The van der Waals surface area contributed by atoms with E-state index < -0.39 is 0 Å². The molecule has 7 heteroatoms. The Labute approximate surface area is 207 Å². The number of fused-ring (bicyclic) bond motifs is 7. The fourth-order valence-electron chi connectivity index (χ4n) is 3.70. The van der Waals surface area contributed by atoms with Gasteiger partial charge in [-0.1, -0.05) is 31.2 Å². The van der Waals surface area contributed by atoms with Gasteiger partial charge in [0.25, 0.3) is 0 Å². The van der Waals surface area contributed by atoms with Crippen molar-refractivity contribution < 1.29 is 14.2 Å². The third-order valence-corrected chi connectivity index (χ3v) is 5.86. The monoisotopic (exact) mass is 474 g/mol. The summed E-state index contributed by atoms with van der Waals surface area (Å²) in [4.78, 5) is 11.5. The van der Waals surface area contributed by atoms with E-state index in [4.69, 9.17) is 19.2 Å². The molecule has 1 N–H and O–H groups in total. The summed E-state index contributed by atoms with van der Waals surface area (Å²) >= 11 is 0. The number of aryl methyl sites for hydroxylation is 1. The number of rotatable bonds is 5. The van der Waals surface area contributed by atoms with Gasteiger partial charge in [0.2, 0.25) is 5.95 Å². The highest BCUT2D eigenvalue weighted by atomic mass is 16.5. The zero-order valence-electron chi connectivity index (χ0n) is 20.8. The molecule has 1 aliphatic heterocycles. The number of benzene rings is 2. The van der Waals surface area contributed by atoms with Crippen LogP contribution in [0, 0.1) is 6.92 Å². The number of anilines is 2. The maximum absolute atomic E-state index is 6.09. The summed E-state index contributed by atoms with van der Waals surface area (Å²) in [7, 11) is 2.09. The van der Waals surface area contributed by atoms with Crippen LogP contribution in [0.5, 0.6) is 11.5 Å². The maximum Gasteiger partial charge on any atom is 0.227 e. The molecular formula is C28H34N4O3. The van der Waals surface area contributed by atoms with Crippen molar-refractivity contribution in [1.82, 2.24) is 14.9 Å². The second-order valence-electron chi connectivity index (χ2n) is 8.57. The second kappa shape index (κ2) is 12.3. The molecule has 2 heterocycles. The Kier molecular flexibility index (Phi) is 8.70. The van der Waals surface area contributed by atoms with Gasteiger partial charge >= 0.3 is 0 Å². The summed E-state index contributed by atoms with van der Waals surface area (Å²) in [5.74, 6) is 2.19. The average Bonchev–Trinajstić information content (AvgIpc) is 2.87. The first-order valence-electron chi connectivity index (χ1n) is 12.1. The van der Waals surface area contributed by atoms with Gasteiger partial charge < -0.3 is 24.4 Å². The maximum atomic E-state index is 6.09. The van der Waals surface area contributed by atoms with Gasteiger partial charge in [0, 0.05) is 29.6 Å². The van der Waals surface area contributed by atoms with E-state index in [0.717, 1.165) is 59.1 Å². The van der Waals surface area contributed by atoms with Crippen LogP contribution in [0.4, 0.5) is 11.6 Å². The van der Waals surface area contributed by atoms with Crippen LogP contribution in [0.1, 0.15) is 24.5 Å². The molecule has 4 rings (SSSR count). The summed E-state index contributed by atoms with van der Waals surface area (Å²) in [6.45, 7) is 8.19. The fourth-order valence-corrected chi connectivity index (χ4v) is 3.70. The Morgan fingerprint density at radius 2 is 2.06 bits per heavy atom. The first kappa shape index (κ1) is 24.7. The van der Waals surface area contributed by atoms with Crippen molar-refractivity contribution in [3.63, 3.8) is 0 Å². The van der Waals surface area contributed by atoms with Gasteiger partial charge in [0.1, 0.15) is 18.1 Å². The van der Waals surface area contributed by atoms with Crippen molar-refractivity contribution in [2.45, 2.75) is 26.9 Å². The Morgan fingerprint density at radius 3 is 2.94 bits per heavy atom. The molecule has 6 bridgehead atoms. The van der Waals surface area contributed by atoms with Crippen LogP contribution in [-0.2, 0) is 11.3 Å². The van der Waals surface area contributed by atoms with Crippen molar-refractivity contribution >= 4 is 11.6 Å². The van der Waals surface area contributed by atoms with Crippen LogP contribution in [0.3, 0.4) is 0 Å². The largest absolute Gasteiger partial charge is 0.493 e. The molecule has 7 nitrogen and oxygen atoms in total. The first-order valence-corrected chi connectivity index (χ1v) is 12.1. The Morgan fingerprint density at radius 1 is 1.14 bits per heavy atom. The molecule has 1 aliphatic rings. The van der Waals surface area contributed by atoms with Gasteiger partial charge in [0.05, 0.1) is 25.5 Å². The summed E-state index contributed by atoms with van der Waals surface area (Å²) in [5, 5.41) is 3.35. The minimum Gasteiger partial charge on any atom is -0.493 e. The number of nitrogens with one attached hydrogen (secondary N) is 1. The number of likely N-dealkylation sites (N-methyl/N-ethyl adjacent to an activating group) is 1. The molecule has 0 amide bonds. The van der Waals surface area contributed by atoms with E-state index in [9.17, 15) is 0 Å². The molecule has 1 aromatic heterocycles. The molecule has 2 aromatic carbocycles. The third-order valence-electron chi connectivity index (χ3n) is 5.86. The summed E-state index contributed by atoms with van der Waals surface area (Å²) < 4.78 is 18.0. The molecule has 0 saturated carbocycles. The lowest BCUT2D eigenvalue weighted by atomic mass is 10.1. The normalized spacial score (nSPS) is 14.9. The molecule has 35 heavy (non-hydrogen) atoms. The van der Waals surface area contributed by atoms with E-state index in [1.165, 1.54) is 0 Å². The van der Waals surface area contributed by atoms with Crippen molar-refractivity contribution in [2.75, 3.05) is 45.3 Å². The topological polar surface area (TPSA) is 68.7 Å². The second-order valence-corrected chi connectivity index (χ2v) is 8.57. The van der Waals surface area contributed by atoms with Gasteiger partial charge in [-0.2, -0.15) is 0 Å². The van der Waals surface area contributed by atoms with Crippen LogP contribution in [0.2, 0.25) is 0 Å². The van der Waals surface area contributed by atoms with E-state index in [2.05, 4.69) is 35.2 Å². The Balaban J connectivity index is 1.62. The SMILES string of the molecule is CCN(C)CCOc1ccc2cc1COC/C=C/CCOc1cccc(c1)-c1nc(ncc1C)N2. The van der Waals surface area contributed by atoms with Gasteiger partial charge in [-0.25, -0.2) is 9.97 Å². The quantitative estimate of drug-likeness (QED) is 0.498. The van der Waals surface area contributed by atoms with E-state index >= 15 is 0 Å². The number of hydrogen-bond acceptors (Lipinski definition) is 7. The van der Waals surface area contributed by atoms with Crippen molar-refractivity contribution in [3.05, 3.63) is 71.9 Å². The van der Waals surface area contributed by atoms with Crippen LogP contribution >= 0.6 is 0 Å². The van der Waals surface area contributed by atoms with Crippen molar-refractivity contribution in [3.8, 4) is 22.8 Å². The molecule has 184 valence electrons. The van der Waals surface area contributed by atoms with Gasteiger partial charge in [0.15, 0.2) is 0 Å². The van der Waals surface area contributed by atoms with Gasteiger partial charge in [-0.3, -0.25) is 0 Å². The van der Waals surface area contributed by atoms with E-state index in [-0.39, 0.29) is 0 Å². The summed E-state index contributed by atoms with van der Waals surface area (Å²) in [6, 6.07) is 14.0. The Hall–Kier alpha value is -3.42. The van der Waals surface area contributed by atoms with Crippen LogP contribution in [0.25, 0.3) is 11.3 Å². The summed E-state index contributed by atoms with van der Waals surface area (Å²) in [6.07, 6.45) is 6.77. The molecule has 0 saturated heterocycles. The summed E-state index contributed by atoms with van der Waals surface area (Å²) in [5.41, 5.74) is 4.73. The van der Waals surface area contributed by atoms with E-state index in [1.54, 1.807) is 0 Å². The predicted molar refractivity (Wildman–Crippen MR) is 140 cm³/mol. The van der Waals surface area contributed by atoms with E-state index in [0.29, 0.717) is 32.4 Å². The van der Waals surface area contributed by atoms with Crippen LogP contribution in [0.15, 0.2) is 60.8 Å². The van der Waals surface area contributed by atoms with Gasteiger partial charge in [-0.05, 0) is 62.8 Å². The zero-order chi connectivity index (χ0) is 24.5. The molecule has 0 fully saturated rings. The number of hydrogen-bond donors (Lipinski definition) is 1. The molecule has 3 aromatic rings. The Bertz CT molecular complexity index is 1150. The number of nitrogens with zero attached hydrogens (tertiary/aromatic N) is 3. The highest BCUT2D eigenvalue weighted by molar-refractivity contribution is 5.67. The lowest BCUT2D eigenvalue weighted by molar-refractivity contribution is 0.144. The van der Waals surface area contributed by atoms with Gasteiger partial charge in [-0.15, -0.1) is 0 Å². The molecule has 0 unspecified atom stereocenters. The highest BCUT2D eigenvalue weighted by Crippen LogP contribution is 2.28. The lowest BCUT2D eigenvalue weighted by Crippen LogP contribution is -2.24. The lowest BCUT2D eigenvalue weighted by Gasteiger charge is -2.17. The third kappa shape index (κ3) is 7.04. The first-order chi connectivity index (χ1) is 17.1. The van der Waals surface area contributed by atoms with Crippen LogP contribution in [-0.4, -0.2) is 54.8 Å². The van der Waals surface area contributed by atoms with E-state index in [1.807, 2.05) is 61.7 Å². The molecule has 0 atom stereocenters. The molecular weight excluding hydrogens is 440 g/mol. The number of aromatic nitrogens is 2. The number of ether oxygens (including phenoxy) is 3. The van der Waals surface area contributed by atoms with Crippen molar-refractivity contribution in [2.24, 2.45) is 0 Å². The van der Waals surface area contributed by atoms with Crippen molar-refractivity contribution in [1.29, 1.82) is 0 Å². The predicted octanol–water partition coefficient (Wildman–Crippen LogP) is 5.38.